The highest BCUT2D eigenvalue weighted by Crippen LogP contribution is 2.38. The van der Waals surface area contributed by atoms with E-state index in [4.69, 9.17) is 11.6 Å². The number of aldehydes is 1. The summed E-state index contributed by atoms with van der Waals surface area (Å²) in [6.45, 7) is 7.81. The molecule has 2 nitrogen and oxygen atoms in total. The van der Waals surface area contributed by atoms with E-state index in [-0.39, 0.29) is 5.54 Å². The minimum Gasteiger partial charge on any atom is -0.298 e. The maximum absolute atomic E-state index is 10.9. The molecule has 0 amide bonds. The van der Waals surface area contributed by atoms with Gasteiger partial charge < -0.3 is 0 Å². The van der Waals surface area contributed by atoms with E-state index in [1.165, 1.54) is 6.42 Å². The average Bonchev–Trinajstić information content (AvgIpc) is 2.76. The fraction of sp³-hybridized carbons (Fsp3) is 0.533. The zero-order valence-corrected chi connectivity index (χ0v) is 12.0. The van der Waals surface area contributed by atoms with E-state index in [1.807, 2.05) is 12.1 Å². The first kappa shape index (κ1) is 13.6. The van der Waals surface area contributed by atoms with E-state index in [0.29, 0.717) is 16.6 Å². The quantitative estimate of drug-likeness (QED) is 0.751. The summed E-state index contributed by atoms with van der Waals surface area (Å²) in [5, 5.41) is 0.648. The summed E-state index contributed by atoms with van der Waals surface area (Å²) in [6, 6.07) is 6.05. The van der Waals surface area contributed by atoms with Gasteiger partial charge in [0.1, 0.15) is 6.29 Å². The zero-order valence-electron chi connectivity index (χ0n) is 11.2. The third kappa shape index (κ3) is 2.76. The monoisotopic (exact) mass is 265 g/mol. The molecule has 0 saturated carbocycles. The maximum atomic E-state index is 10.9. The topological polar surface area (TPSA) is 20.3 Å². The number of hydrogen-bond acceptors (Lipinski definition) is 2. The van der Waals surface area contributed by atoms with Crippen LogP contribution in [0, 0.1) is 0 Å². The second-order valence-electron chi connectivity index (χ2n) is 5.96. The number of benzene rings is 1. The minimum atomic E-state index is 0.144. The molecule has 1 saturated heterocycles. The van der Waals surface area contributed by atoms with Crippen molar-refractivity contribution >= 4 is 17.9 Å². The van der Waals surface area contributed by atoms with Crippen LogP contribution < -0.4 is 0 Å². The second kappa shape index (κ2) is 5.02. The molecule has 0 aliphatic carbocycles. The fourth-order valence-corrected chi connectivity index (χ4v) is 3.06. The van der Waals surface area contributed by atoms with Gasteiger partial charge in [0, 0.05) is 22.2 Å². The third-order valence-electron chi connectivity index (χ3n) is 3.58. The van der Waals surface area contributed by atoms with Crippen molar-refractivity contribution in [3.05, 3.63) is 34.3 Å². The molecular weight excluding hydrogens is 246 g/mol. The van der Waals surface area contributed by atoms with Crippen molar-refractivity contribution in [2.24, 2.45) is 0 Å². The summed E-state index contributed by atoms with van der Waals surface area (Å²) in [5.74, 6) is 0. The lowest BCUT2D eigenvalue weighted by Gasteiger charge is -2.37. The Balaban J connectivity index is 2.36. The predicted octanol–water partition coefficient (Wildman–Crippen LogP) is 4.09. The zero-order chi connectivity index (χ0) is 13.3. The van der Waals surface area contributed by atoms with Crippen LogP contribution in [0.2, 0.25) is 5.02 Å². The molecule has 18 heavy (non-hydrogen) atoms. The van der Waals surface area contributed by atoms with Gasteiger partial charge in [0.15, 0.2) is 0 Å². The first-order valence-electron chi connectivity index (χ1n) is 6.44. The molecule has 2 rings (SSSR count). The van der Waals surface area contributed by atoms with Crippen LogP contribution in [0.15, 0.2) is 18.2 Å². The lowest BCUT2D eigenvalue weighted by molar-refractivity contribution is 0.112. The Labute approximate surface area is 114 Å². The normalized spacial score (nSPS) is 21.2. The Morgan fingerprint density at radius 2 is 2.06 bits per heavy atom. The van der Waals surface area contributed by atoms with Gasteiger partial charge in [-0.25, -0.2) is 0 Å². The van der Waals surface area contributed by atoms with Gasteiger partial charge in [-0.2, -0.15) is 0 Å². The minimum absolute atomic E-state index is 0.144. The molecule has 1 fully saturated rings. The molecule has 98 valence electrons. The molecule has 1 atom stereocenters. The lowest BCUT2D eigenvalue weighted by Crippen LogP contribution is -2.40. The Bertz CT molecular complexity index is 450. The Morgan fingerprint density at radius 3 is 2.67 bits per heavy atom. The third-order valence-corrected chi connectivity index (χ3v) is 3.80. The number of nitrogens with zero attached hydrogens (tertiary/aromatic N) is 1. The molecule has 1 aromatic rings. The average molecular weight is 266 g/mol. The van der Waals surface area contributed by atoms with Gasteiger partial charge in [0.2, 0.25) is 0 Å². The summed E-state index contributed by atoms with van der Waals surface area (Å²) >= 11 is 6.09. The highest BCUT2D eigenvalue weighted by Gasteiger charge is 2.33. The van der Waals surface area contributed by atoms with Crippen LogP contribution in [-0.2, 0) is 0 Å². The van der Waals surface area contributed by atoms with Crippen molar-refractivity contribution in [3.63, 3.8) is 0 Å². The van der Waals surface area contributed by atoms with Crippen molar-refractivity contribution in [2.75, 3.05) is 6.54 Å². The summed E-state index contributed by atoms with van der Waals surface area (Å²) in [6.07, 6.45) is 3.20. The summed E-state index contributed by atoms with van der Waals surface area (Å²) in [5.41, 5.74) is 1.97. The Kier molecular flexibility index (Phi) is 3.79. The van der Waals surface area contributed by atoms with Crippen molar-refractivity contribution in [1.82, 2.24) is 4.90 Å². The molecule has 0 bridgehead atoms. The summed E-state index contributed by atoms with van der Waals surface area (Å²) in [7, 11) is 0. The van der Waals surface area contributed by atoms with Gasteiger partial charge in [0.05, 0.1) is 0 Å². The van der Waals surface area contributed by atoms with Crippen LogP contribution >= 0.6 is 11.6 Å². The van der Waals surface area contributed by atoms with Crippen LogP contribution in [-0.4, -0.2) is 23.3 Å². The van der Waals surface area contributed by atoms with Gasteiger partial charge in [-0.05, 0) is 63.9 Å². The molecule has 0 radical (unpaired) electrons. The molecule has 1 aromatic carbocycles. The van der Waals surface area contributed by atoms with Crippen LogP contribution in [0.1, 0.15) is 55.6 Å². The second-order valence-corrected chi connectivity index (χ2v) is 6.39. The standard InChI is InChI=1S/C15H20ClNO/c1-15(2,3)17-6-4-5-14(17)12-7-11(10-18)8-13(16)9-12/h7-10,14H,4-6H2,1-3H3. The molecule has 3 heteroatoms. The van der Waals surface area contributed by atoms with E-state index in [9.17, 15) is 4.79 Å². The van der Waals surface area contributed by atoms with Gasteiger partial charge in [-0.1, -0.05) is 11.6 Å². The van der Waals surface area contributed by atoms with Crippen molar-refractivity contribution in [2.45, 2.75) is 45.2 Å². The SMILES string of the molecule is CC(C)(C)N1CCCC1c1cc(Cl)cc(C=O)c1. The number of hydrogen-bond donors (Lipinski definition) is 0. The van der Waals surface area contributed by atoms with Crippen molar-refractivity contribution < 1.29 is 4.79 Å². The van der Waals surface area contributed by atoms with Crippen LogP contribution in [0.3, 0.4) is 0 Å². The first-order valence-corrected chi connectivity index (χ1v) is 6.82. The molecule has 1 aliphatic heterocycles. The van der Waals surface area contributed by atoms with Crippen molar-refractivity contribution in [1.29, 1.82) is 0 Å². The molecule has 0 N–H and O–H groups in total. The maximum Gasteiger partial charge on any atom is 0.150 e. The Morgan fingerprint density at radius 1 is 1.33 bits per heavy atom. The van der Waals surface area contributed by atoms with E-state index >= 15 is 0 Å². The lowest BCUT2D eigenvalue weighted by atomic mass is 9.98. The largest absolute Gasteiger partial charge is 0.298 e. The molecule has 0 spiro atoms. The van der Waals surface area contributed by atoms with Crippen LogP contribution in [0.4, 0.5) is 0 Å². The van der Waals surface area contributed by atoms with E-state index < -0.39 is 0 Å². The number of carbonyl (C=O) groups excluding carboxylic acids is 1. The van der Waals surface area contributed by atoms with E-state index in [0.717, 1.165) is 24.8 Å². The van der Waals surface area contributed by atoms with Gasteiger partial charge >= 0.3 is 0 Å². The van der Waals surface area contributed by atoms with Gasteiger partial charge in [-0.15, -0.1) is 0 Å². The number of carbonyl (C=O) groups is 1. The number of likely N-dealkylation sites (tertiary alicyclic amines) is 1. The van der Waals surface area contributed by atoms with Gasteiger partial charge in [0.25, 0.3) is 0 Å². The highest BCUT2D eigenvalue weighted by atomic mass is 35.5. The molecule has 1 heterocycles. The molecular formula is C15H20ClNO. The Hall–Kier alpha value is -0.860. The first-order chi connectivity index (χ1) is 8.41. The fourth-order valence-electron chi connectivity index (χ4n) is 2.81. The predicted molar refractivity (Wildman–Crippen MR) is 75.3 cm³/mol. The van der Waals surface area contributed by atoms with Crippen LogP contribution in [0.5, 0.6) is 0 Å². The van der Waals surface area contributed by atoms with Crippen molar-refractivity contribution in [3.8, 4) is 0 Å². The number of rotatable bonds is 2. The molecule has 0 aromatic heterocycles. The molecule has 1 unspecified atom stereocenters. The van der Waals surface area contributed by atoms with Crippen LogP contribution in [0.25, 0.3) is 0 Å². The summed E-state index contributed by atoms with van der Waals surface area (Å²) in [4.78, 5) is 13.4. The summed E-state index contributed by atoms with van der Waals surface area (Å²) < 4.78 is 0. The van der Waals surface area contributed by atoms with Gasteiger partial charge in [-0.3, -0.25) is 9.69 Å². The van der Waals surface area contributed by atoms with E-state index in [1.54, 1.807) is 6.07 Å². The smallest absolute Gasteiger partial charge is 0.150 e. The highest BCUT2D eigenvalue weighted by molar-refractivity contribution is 6.30. The van der Waals surface area contributed by atoms with E-state index in [2.05, 4.69) is 25.7 Å². The molecule has 1 aliphatic rings. The number of halogens is 1.